The van der Waals surface area contributed by atoms with Crippen LogP contribution in [-0.2, 0) is 9.53 Å². The molecule has 0 spiro atoms. The number of hydrogen-bond acceptors (Lipinski definition) is 3. The highest BCUT2D eigenvalue weighted by atomic mass is 35.5. The van der Waals surface area contributed by atoms with Gasteiger partial charge in [-0.3, -0.25) is 4.79 Å². The van der Waals surface area contributed by atoms with Crippen LogP contribution in [0.25, 0.3) is 0 Å². The molecular weight excluding hydrogens is 273 g/mol. The summed E-state index contributed by atoms with van der Waals surface area (Å²) < 4.78 is 5.17. The van der Waals surface area contributed by atoms with Gasteiger partial charge in [0.25, 0.3) is 0 Å². The van der Waals surface area contributed by atoms with Gasteiger partial charge in [0.1, 0.15) is 5.92 Å². The summed E-state index contributed by atoms with van der Waals surface area (Å²) >= 11 is 11.8. The number of nitrogens with zero attached hydrogens (tertiary/aromatic N) is 1. The number of nitriles is 1. The molecule has 1 aliphatic rings. The molecule has 2 rings (SSSR count). The molecule has 2 atom stereocenters. The predicted octanol–water partition coefficient (Wildman–Crippen LogP) is 3.21. The van der Waals surface area contributed by atoms with E-state index < -0.39 is 5.92 Å². The fraction of sp³-hybridized carbons (Fsp3) is 0.385. The summed E-state index contributed by atoms with van der Waals surface area (Å²) in [5.74, 6) is -1.18. The van der Waals surface area contributed by atoms with E-state index in [4.69, 9.17) is 27.9 Å². The largest absolute Gasteiger partial charge is 0.381 e. The van der Waals surface area contributed by atoms with Crippen molar-refractivity contribution < 1.29 is 9.53 Å². The van der Waals surface area contributed by atoms with Crippen molar-refractivity contribution in [1.29, 1.82) is 5.26 Å². The highest BCUT2D eigenvalue weighted by Crippen LogP contribution is 2.31. The van der Waals surface area contributed by atoms with Crippen LogP contribution in [0.2, 0.25) is 10.0 Å². The van der Waals surface area contributed by atoms with Crippen LogP contribution in [0.15, 0.2) is 18.2 Å². The average molecular weight is 284 g/mol. The van der Waals surface area contributed by atoms with Gasteiger partial charge in [0.05, 0.1) is 12.7 Å². The van der Waals surface area contributed by atoms with Crippen molar-refractivity contribution in [3.63, 3.8) is 0 Å². The van der Waals surface area contributed by atoms with Gasteiger partial charge in [-0.25, -0.2) is 0 Å². The minimum atomic E-state index is -0.846. The number of halogens is 2. The van der Waals surface area contributed by atoms with Crippen molar-refractivity contribution >= 4 is 29.0 Å². The molecule has 3 nitrogen and oxygen atoms in total. The molecule has 0 bridgehead atoms. The molecule has 1 saturated heterocycles. The lowest BCUT2D eigenvalue weighted by Gasteiger charge is -2.14. The number of ketones is 1. The van der Waals surface area contributed by atoms with Gasteiger partial charge in [0.15, 0.2) is 5.78 Å². The van der Waals surface area contributed by atoms with Gasteiger partial charge in [-0.05, 0) is 24.1 Å². The maximum Gasteiger partial charge on any atom is 0.159 e. The summed E-state index contributed by atoms with van der Waals surface area (Å²) in [6.07, 6.45) is 0.669. The second-order valence-electron chi connectivity index (χ2n) is 4.19. The van der Waals surface area contributed by atoms with E-state index in [0.29, 0.717) is 35.2 Å². The molecule has 94 valence electrons. The highest BCUT2D eigenvalue weighted by Gasteiger charge is 2.32. The van der Waals surface area contributed by atoms with Crippen LogP contribution < -0.4 is 0 Å². The fourth-order valence-corrected chi connectivity index (χ4v) is 2.53. The summed E-state index contributed by atoms with van der Waals surface area (Å²) in [6, 6.07) is 6.83. The molecule has 0 radical (unpaired) electrons. The Labute approximate surface area is 115 Å². The lowest BCUT2D eigenvalue weighted by atomic mass is 9.88. The molecular formula is C13H11Cl2NO2. The zero-order valence-corrected chi connectivity index (χ0v) is 11.0. The van der Waals surface area contributed by atoms with Gasteiger partial charge in [0.2, 0.25) is 0 Å². The lowest BCUT2D eigenvalue weighted by Crippen LogP contribution is -2.21. The third kappa shape index (κ3) is 2.67. The highest BCUT2D eigenvalue weighted by molar-refractivity contribution is 6.35. The SMILES string of the molecule is N#CC(C(=O)C1CCOC1)c1ccc(Cl)cc1Cl. The molecule has 1 aromatic rings. The first-order valence-corrected chi connectivity index (χ1v) is 6.35. The Bertz CT molecular complexity index is 504. The monoisotopic (exact) mass is 283 g/mol. The average Bonchev–Trinajstić information content (AvgIpc) is 2.86. The van der Waals surface area contributed by atoms with E-state index in [1.165, 1.54) is 0 Å². The summed E-state index contributed by atoms with van der Waals surface area (Å²) in [4.78, 5) is 12.2. The van der Waals surface area contributed by atoms with Gasteiger partial charge < -0.3 is 4.74 Å². The molecule has 0 amide bonds. The number of rotatable bonds is 3. The Balaban J connectivity index is 2.28. The standard InChI is InChI=1S/C13H11Cl2NO2/c14-9-1-2-10(12(15)5-9)11(6-16)13(17)8-3-4-18-7-8/h1-2,5,8,11H,3-4,7H2. The summed E-state index contributed by atoms with van der Waals surface area (Å²) in [7, 11) is 0. The van der Waals surface area contributed by atoms with E-state index in [9.17, 15) is 10.1 Å². The van der Waals surface area contributed by atoms with Crippen LogP contribution in [0.4, 0.5) is 0 Å². The molecule has 0 aromatic heterocycles. The Morgan fingerprint density at radius 3 is 2.83 bits per heavy atom. The Kier molecular flexibility index (Phi) is 4.23. The zero-order chi connectivity index (χ0) is 13.1. The third-order valence-corrected chi connectivity index (χ3v) is 3.58. The van der Waals surface area contributed by atoms with Gasteiger partial charge in [0, 0.05) is 22.6 Å². The smallest absolute Gasteiger partial charge is 0.159 e. The van der Waals surface area contributed by atoms with E-state index in [0.717, 1.165) is 0 Å². The first-order valence-electron chi connectivity index (χ1n) is 5.59. The van der Waals surface area contributed by atoms with Crippen molar-refractivity contribution in [3.8, 4) is 6.07 Å². The third-order valence-electron chi connectivity index (χ3n) is 3.02. The Morgan fingerprint density at radius 2 is 2.28 bits per heavy atom. The normalized spacial score (nSPS) is 20.4. The number of hydrogen-bond donors (Lipinski definition) is 0. The van der Waals surface area contributed by atoms with Crippen LogP contribution in [-0.4, -0.2) is 19.0 Å². The summed E-state index contributed by atoms with van der Waals surface area (Å²) in [6.45, 7) is 0.963. The van der Waals surface area contributed by atoms with Gasteiger partial charge >= 0.3 is 0 Å². The first-order chi connectivity index (χ1) is 8.63. The summed E-state index contributed by atoms with van der Waals surface area (Å²) in [5, 5.41) is 10.0. The van der Waals surface area contributed by atoms with Crippen molar-refractivity contribution in [2.24, 2.45) is 5.92 Å². The summed E-state index contributed by atoms with van der Waals surface area (Å²) in [5.41, 5.74) is 0.514. The van der Waals surface area contributed by atoms with Crippen LogP contribution in [0.1, 0.15) is 17.9 Å². The molecule has 18 heavy (non-hydrogen) atoms. The van der Waals surface area contributed by atoms with Gasteiger partial charge in [-0.15, -0.1) is 0 Å². The minimum Gasteiger partial charge on any atom is -0.381 e. The van der Waals surface area contributed by atoms with Crippen molar-refractivity contribution in [3.05, 3.63) is 33.8 Å². The number of ether oxygens (including phenoxy) is 1. The number of carbonyl (C=O) groups is 1. The van der Waals surface area contributed by atoms with Crippen LogP contribution in [0, 0.1) is 17.2 Å². The van der Waals surface area contributed by atoms with Gasteiger partial charge in [-0.1, -0.05) is 29.3 Å². The van der Waals surface area contributed by atoms with E-state index >= 15 is 0 Å². The Morgan fingerprint density at radius 1 is 1.50 bits per heavy atom. The molecule has 1 fully saturated rings. The van der Waals surface area contributed by atoms with Crippen LogP contribution >= 0.6 is 23.2 Å². The maximum absolute atomic E-state index is 12.2. The second kappa shape index (κ2) is 5.71. The fourth-order valence-electron chi connectivity index (χ4n) is 2.02. The number of benzene rings is 1. The molecule has 0 saturated carbocycles. The Hall–Kier alpha value is -1.08. The van der Waals surface area contributed by atoms with E-state index in [-0.39, 0.29) is 11.7 Å². The van der Waals surface area contributed by atoms with Crippen molar-refractivity contribution in [1.82, 2.24) is 0 Å². The van der Waals surface area contributed by atoms with Crippen LogP contribution in [0.5, 0.6) is 0 Å². The minimum absolute atomic E-state index is 0.126. The van der Waals surface area contributed by atoms with Crippen molar-refractivity contribution in [2.45, 2.75) is 12.3 Å². The van der Waals surface area contributed by atoms with E-state index in [1.807, 2.05) is 6.07 Å². The first kappa shape index (κ1) is 13.4. The lowest BCUT2D eigenvalue weighted by molar-refractivity contribution is -0.123. The topological polar surface area (TPSA) is 50.1 Å². The molecule has 2 unspecified atom stereocenters. The molecule has 1 aliphatic heterocycles. The molecule has 0 N–H and O–H groups in total. The molecule has 0 aliphatic carbocycles. The molecule has 1 aromatic carbocycles. The number of Topliss-reactive ketones (excluding diaryl/α,β-unsaturated/α-hetero) is 1. The molecule has 5 heteroatoms. The van der Waals surface area contributed by atoms with Crippen LogP contribution in [0.3, 0.4) is 0 Å². The van der Waals surface area contributed by atoms with E-state index in [2.05, 4.69) is 0 Å². The second-order valence-corrected chi connectivity index (χ2v) is 5.03. The number of carbonyl (C=O) groups excluding carboxylic acids is 1. The van der Waals surface area contributed by atoms with E-state index in [1.54, 1.807) is 18.2 Å². The maximum atomic E-state index is 12.2. The predicted molar refractivity (Wildman–Crippen MR) is 68.7 cm³/mol. The quantitative estimate of drug-likeness (QED) is 0.856. The molecule has 1 heterocycles. The van der Waals surface area contributed by atoms with Gasteiger partial charge in [-0.2, -0.15) is 5.26 Å². The van der Waals surface area contributed by atoms with Crippen molar-refractivity contribution in [2.75, 3.05) is 13.2 Å². The zero-order valence-electron chi connectivity index (χ0n) is 9.53.